The topological polar surface area (TPSA) is 20.3 Å². The average Bonchev–Trinajstić information content (AvgIpc) is 2.59. The van der Waals surface area contributed by atoms with Crippen LogP contribution >= 0.6 is 11.8 Å². The van der Waals surface area contributed by atoms with Crippen LogP contribution in [0.2, 0.25) is 0 Å². The molecule has 1 unspecified atom stereocenters. The van der Waals surface area contributed by atoms with Gasteiger partial charge in [-0.25, -0.2) is 0 Å². The summed E-state index contributed by atoms with van der Waals surface area (Å²) in [5, 5.41) is 0. The van der Waals surface area contributed by atoms with Crippen LogP contribution in [0.3, 0.4) is 0 Å². The lowest BCUT2D eigenvalue weighted by Crippen LogP contribution is -2.35. The Hall–Kier alpha value is -0.960. The zero-order valence-electron chi connectivity index (χ0n) is 10.5. The SMILES string of the molecule is CCC(C)C(=O)N1CCCSc2ccccc21. The summed E-state index contributed by atoms with van der Waals surface area (Å²) in [7, 11) is 0. The van der Waals surface area contributed by atoms with Crippen LogP contribution in [0.15, 0.2) is 29.2 Å². The summed E-state index contributed by atoms with van der Waals surface area (Å²) < 4.78 is 0. The van der Waals surface area contributed by atoms with E-state index in [0.717, 1.165) is 30.8 Å². The molecule has 0 aliphatic carbocycles. The summed E-state index contributed by atoms with van der Waals surface area (Å²) in [5.41, 5.74) is 1.10. The molecule has 0 saturated carbocycles. The van der Waals surface area contributed by atoms with Crippen LogP contribution in [0, 0.1) is 5.92 Å². The highest BCUT2D eigenvalue weighted by atomic mass is 32.2. The fourth-order valence-electron chi connectivity index (χ4n) is 2.00. The third-order valence-corrected chi connectivity index (χ3v) is 4.39. The van der Waals surface area contributed by atoms with E-state index in [1.807, 2.05) is 35.7 Å². The van der Waals surface area contributed by atoms with E-state index in [2.05, 4.69) is 19.1 Å². The third kappa shape index (κ3) is 2.65. The van der Waals surface area contributed by atoms with Gasteiger partial charge >= 0.3 is 0 Å². The Morgan fingerprint density at radius 1 is 1.47 bits per heavy atom. The van der Waals surface area contributed by atoms with Gasteiger partial charge in [0.25, 0.3) is 0 Å². The Kier molecular flexibility index (Phi) is 4.11. The molecule has 1 heterocycles. The summed E-state index contributed by atoms with van der Waals surface area (Å²) in [4.78, 5) is 15.6. The van der Waals surface area contributed by atoms with Gasteiger partial charge in [0.1, 0.15) is 0 Å². The van der Waals surface area contributed by atoms with E-state index in [1.165, 1.54) is 4.90 Å². The van der Waals surface area contributed by atoms with Crippen molar-refractivity contribution in [1.29, 1.82) is 0 Å². The first-order chi connectivity index (χ1) is 8.24. The lowest BCUT2D eigenvalue weighted by molar-refractivity contribution is -0.122. The normalized spacial score (nSPS) is 17.2. The summed E-state index contributed by atoms with van der Waals surface area (Å²) >= 11 is 1.86. The molecule has 0 fully saturated rings. The molecule has 0 N–H and O–H groups in total. The number of thioether (sulfide) groups is 1. The predicted octanol–water partition coefficient (Wildman–Crippen LogP) is 3.56. The molecule has 1 aromatic carbocycles. The standard InChI is InChI=1S/C14H19NOS/c1-3-11(2)14(16)15-9-6-10-17-13-8-5-4-7-12(13)15/h4-5,7-8,11H,3,6,9-10H2,1-2H3. The van der Waals surface area contributed by atoms with E-state index in [9.17, 15) is 4.79 Å². The lowest BCUT2D eigenvalue weighted by Gasteiger charge is -2.25. The molecule has 1 atom stereocenters. The Morgan fingerprint density at radius 2 is 2.24 bits per heavy atom. The number of amides is 1. The molecule has 0 aromatic heterocycles. The van der Waals surface area contributed by atoms with Crippen molar-refractivity contribution in [2.75, 3.05) is 17.2 Å². The minimum Gasteiger partial charge on any atom is -0.311 e. The lowest BCUT2D eigenvalue weighted by atomic mass is 10.1. The molecular weight excluding hydrogens is 230 g/mol. The molecule has 0 radical (unpaired) electrons. The highest BCUT2D eigenvalue weighted by Gasteiger charge is 2.24. The van der Waals surface area contributed by atoms with Gasteiger partial charge < -0.3 is 4.90 Å². The minimum atomic E-state index is 0.117. The average molecular weight is 249 g/mol. The molecule has 0 saturated heterocycles. The quantitative estimate of drug-likeness (QED) is 0.798. The van der Waals surface area contributed by atoms with Crippen molar-refractivity contribution >= 4 is 23.4 Å². The number of hydrogen-bond acceptors (Lipinski definition) is 2. The Balaban J connectivity index is 2.31. The van der Waals surface area contributed by atoms with E-state index < -0.39 is 0 Å². The molecule has 0 bridgehead atoms. The summed E-state index contributed by atoms with van der Waals surface area (Å²) in [6.45, 7) is 4.94. The van der Waals surface area contributed by atoms with Crippen LogP contribution in [-0.2, 0) is 4.79 Å². The Morgan fingerprint density at radius 3 is 3.00 bits per heavy atom. The zero-order valence-corrected chi connectivity index (χ0v) is 11.3. The molecule has 1 aliphatic heterocycles. The summed E-state index contributed by atoms with van der Waals surface area (Å²) in [6, 6.07) is 8.24. The molecular formula is C14H19NOS. The minimum absolute atomic E-state index is 0.117. The molecule has 2 nitrogen and oxygen atoms in total. The van der Waals surface area contributed by atoms with E-state index in [0.29, 0.717) is 0 Å². The van der Waals surface area contributed by atoms with Crippen LogP contribution in [-0.4, -0.2) is 18.2 Å². The van der Waals surface area contributed by atoms with Crippen molar-refractivity contribution in [2.45, 2.75) is 31.6 Å². The monoisotopic (exact) mass is 249 g/mol. The maximum Gasteiger partial charge on any atom is 0.229 e. The fraction of sp³-hybridized carbons (Fsp3) is 0.500. The molecule has 17 heavy (non-hydrogen) atoms. The van der Waals surface area contributed by atoms with Crippen LogP contribution in [0.25, 0.3) is 0 Å². The van der Waals surface area contributed by atoms with Gasteiger partial charge in [-0.05, 0) is 30.7 Å². The summed E-state index contributed by atoms with van der Waals surface area (Å²) in [6.07, 6.45) is 1.98. The van der Waals surface area contributed by atoms with Crippen molar-refractivity contribution < 1.29 is 4.79 Å². The van der Waals surface area contributed by atoms with Gasteiger partial charge in [-0.3, -0.25) is 4.79 Å². The van der Waals surface area contributed by atoms with Gasteiger partial charge in [-0.2, -0.15) is 0 Å². The van der Waals surface area contributed by atoms with E-state index in [-0.39, 0.29) is 11.8 Å². The molecule has 1 aliphatic rings. The van der Waals surface area contributed by atoms with Crippen molar-refractivity contribution in [3.63, 3.8) is 0 Å². The number of carbonyl (C=O) groups excluding carboxylic acids is 1. The fourth-order valence-corrected chi connectivity index (χ4v) is 2.99. The molecule has 1 amide bonds. The van der Waals surface area contributed by atoms with Crippen molar-refractivity contribution in [3.8, 4) is 0 Å². The zero-order chi connectivity index (χ0) is 12.3. The highest BCUT2D eigenvalue weighted by molar-refractivity contribution is 7.99. The number of rotatable bonds is 2. The number of carbonyl (C=O) groups is 1. The first kappa shape index (κ1) is 12.5. The summed E-state index contributed by atoms with van der Waals surface area (Å²) in [5.74, 6) is 1.48. The van der Waals surface area contributed by atoms with E-state index >= 15 is 0 Å². The number of nitrogens with zero attached hydrogens (tertiary/aromatic N) is 1. The van der Waals surface area contributed by atoms with E-state index in [4.69, 9.17) is 0 Å². The van der Waals surface area contributed by atoms with Gasteiger partial charge in [-0.1, -0.05) is 26.0 Å². The number of fused-ring (bicyclic) bond motifs is 1. The number of benzene rings is 1. The largest absolute Gasteiger partial charge is 0.311 e. The maximum absolute atomic E-state index is 12.4. The molecule has 2 rings (SSSR count). The van der Waals surface area contributed by atoms with Gasteiger partial charge in [0.2, 0.25) is 5.91 Å². The van der Waals surface area contributed by atoms with Crippen LogP contribution in [0.4, 0.5) is 5.69 Å². The smallest absolute Gasteiger partial charge is 0.229 e. The molecule has 92 valence electrons. The second kappa shape index (κ2) is 5.58. The number of anilines is 1. The van der Waals surface area contributed by atoms with Gasteiger partial charge in [0.05, 0.1) is 5.69 Å². The maximum atomic E-state index is 12.4. The Labute approximate surface area is 107 Å². The van der Waals surface area contributed by atoms with Crippen LogP contribution < -0.4 is 4.90 Å². The first-order valence-corrected chi connectivity index (χ1v) is 7.25. The number of hydrogen-bond donors (Lipinski definition) is 0. The highest BCUT2D eigenvalue weighted by Crippen LogP contribution is 2.34. The second-order valence-corrected chi connectivity index (χ2v) is 5.61. The first-order valence-electron chi connectivity index (χ1n) is 6.27. The third-order valence-electron chi connectivity index (χ3n) is 3.24. The Bertz CT molecular complexity index is 405. The molecule has 0 spiro atoms. The van der Waals surface area contributed by atoms with Crippen molar-refractivity contribution in [2.24, 2.45) is 5.92 Å². The number of para-hydroxylation sites is 1. The molecule has 3 heteroatoms. The van der Waals surface area contributed by atoms with E-state index in [1.54, 1.807) is 0 Å². The predicted molar refractivity (Wildman–Crippen MR) is 73.6 cm³/mol. The van der Waals surface area contributed by atoms with Gasteiger partial charge in [-0.15, -0.1) is 11.8 Å². The van der Waals surface area contributed by atoms with Gasteiger partial charge in [0.15, 0.2) is 0 Å². The van der Waals surface area contributed by atoms with Crippen molar-refractivity contribution in [3.05, 3.63) is 24.3 Å². The molecule has 1 aromatic rings. The van der Waals surface area contributed by atoms with Gasteiger partial charge in [0, 0.05) is 17.4 Å². The van der Waals surface area contributed by atoms with Crippen LogP contribution in [0.5, 0.6) is 0 Å². The second-order valence-electron chi connectivity index (χ2n) is 4.47. The van der Waals surface area contributed by atoms with Crippen molar-refractivity contribution in [1.82, 2.24) is 0 Å². The van der Waals surface area contributed by atoms with Crippen LogP contribution in [0.1, 0.15) is 26.7 Å².